The number of hydrogen-bond donors (Lipinski definition) is 0. The van der Waals surface area contributed by atoms with Gasteiger partial charge in [-0.3, -0.25) is 0 Å². The fraction of sp³-hybridized carbons (Fsp3) is 0.500. The van der Waals surface area contributed by atoms with Crippen LogP contribution in [0, 0.1) is 0 Å². The molecule has 0 aromatic heterocycles. The van der Waals surface area contributed by atoms with Crippen LogP contribution in [0.2, 0.25) is 0 Å². The highest BCUT2D eigenvalue weighted by Gasteiger charge is 2.23. The second kappa shape index (κ2) is 5.59. The molecule has 0 radical (unpaired) electrons. The van der Waals surface area contributed by atoms with Crippen molar-refractivity contribution in [2.24, 2.45) is 0 Å². The zero-order chi connectivity index (χ0) is 13.2. The maximum Gasteiger partial charge on any atom is 0.211 e. The average Bonchev–Trinajstić information content (AvgIpc) is 2.34. The Kier molecular flexibility index (Phi) is 4.29. The molecule has 0 saturated carbocycles. The number of benzene rings is 1. The van der Waals surface area contributed by atoms with Crippen molar-refractivity contribution in [2.45, 2.75) is 13.0 Å². The number of rotatable bonds is 4. The zero-order valence-electron chi connectivity index (χ0n) is 10.2. The van der Waals surface area contributed by atoms with Gasteiger partial charge in [0.1, 0.15) is 5.75 Å². The largest absolute Gasteiger partial charge is 0.493 e. The highest BCUT2D eigenvalue weighted by molar-refractivity contribution is 9.09. The third-order valence-corrected chi connectivity index (χ3v) is 4.54. The van der Waals surface area contributed by atoms with E-state index in [2.05, 4.69) is 15.9 Å². The van der Waals surface area contributed by atoms with E-state index in [1.807, 2.05) is 18.2 Å². The van der Waals surface area contributed by atoms with Crippen molar-refractivity contribution in [1.29, 1.82) is 0 Å². The fourth-order valence-corrected chi connectivity index (χ4v) is 2.99. The summed E-state index contributed by atoms with van der Waals surface area (Å²) in [6, 6.07) is 5.86. The summed E-state index contributed by atoms with van der Waals surface area (Å²) in [7, 11) is -3.10. The lowest BCUT2D eigenvalue weighted by molar-refractivity contribution is 0.342. The van der Waals surface area contributed by atoms with Crippen molar-refractivity contribution >= 4 is 26.0 Å². The van der Waals surface area contributed by atoms with Crippen LogP contribution in [0.25, 0.3) is 0 Å². The number of hydrogen-bond acceptors (Lipinski definition) is 3. The van der Waals surface area contributed by atoms with Crippen molar-refractivity contribution in [2.75, 3.05) is 24.7 Å². The topological polar surface area (TPSA) is 46.6 Å². The Bertz CT molecular complexity index is 530. The minimum atomic E-state index is -3.10. The van der Waals surface area contributed by atoms with Crippen molar-refractivity contribution in [3.05, 3.63) is 29.3 Å². The molecular formula is C12H16BrNO3S. The molecule has 4 nitrogen and oxygen atoms in total. The molecule has 0 N–H and O–H groups in total. The SMILES string of the molecule is CS(=O)(=O)N1CCc2cc(OCCBr)ccc2C1. The van der Waals surface area contributed by atoms with Crippen LogP contribution < -0.4 is 4.74 Å². The minimum absolute atomic E-state index is 0.465. The monoisotopic (exact) mass is 333 g/mol. The number of nitrogens with zero attached hydrogens (tertiary/aromatic N) is 1. The third-order valence-electron chi connectivity index (χ3n) is 2.97. The Balaban J connectivity index is 2.16. The van der Waals surface area contributed by atoms with Crippen LogP contribution in [-0.4, -0.2) is 37.5 Å². The van der Waals surface area contributed by atoms with E-state index in [4.69, 9.17) is 4.74 Å². The van der Waals surface area contributed by atoms with Crippen LogP contribution in [0.1, 0.15) is 11.1 Å². The lowest BCUT2D eigenvalue weighted by atomic mass is 10.0. The molecule has 1 aliphatic heterocycles. The van der Waals surface area contributed by atoms with Gasteiger partial charge in [-0.15, -0.1) is 0 Å². The van der Waals surface area contributed by atoms with E-state index in [0.29, 0.717) is 19.7 Å². The molecule has 0 fully saturated rings. The smallest absolute Gasteiger partial charge is 0.211 e. The summed E-state index contributed by atoms with van der Waals surface area (Å²) in [4.78, 5) is 0. The molecule has 0 amide bonds. The van der Waals surface area contributed by atoms with Crippen LogP contribution in [0.3, 0.4) is 0 Å². The molecule has 1 aliphatic rings. The summed E-state index contributed by atoms with van der Waals surface area (Å²) in [6.45, 7) is 1.65. The Morgan fingerprint density at radius 3 is 2.83 bits per heavy atom. The normalized spacial score (nSPS) is 16.3. The predicted molar refractivity (Wildman–Crippen MR) is 74.7 cm³/mol. The first-order valence-electron chi connectivity index (χ1n) is 5.76. The predicted octanol–water partition coefficient (Wildman–Crippen LogP) is 1.78. The molecule has 6 heteroatoms. The van der Waals surface area contributed by atoms with E-state index in [-0.39, 0.29) is 0 Å². The average molecular weight is 334 g/mol. The molecule has 1 aromatic carbocycles. The van der Waals surface area contributed by atoms with Crippen LogP contribution in [0.4, 0.5) is 0 Å². The van der Waals surface area contributed by atoms with Gasteiger partial charge >= 0.3 is 0 Å². The Hall–Kier alpha value is -0.590. The second-order valence-electron chi connectivity index (χ2n) is 4.31. The molecule has 2 rings (SSSR count). The molecule has 1 heterocycles. The van der Waals surface area contributed by atoms with Gasteiger partial charge in [-0.2, -0.15) is 4.31 Å². The quantitative estimate of drug-likeness (QED) is 0.789. The van der Waals surface area contributed by atoms with Crippen LogP contribution >= 0.6 is 15.9 Å². The number of ether oxygens (including phenoxy) is 1. The van der Waals surface area contributed by atoms with Gasteiger partial charge < -0.3 is 4.74 Å². The van der Waals surface area contributed by atoms with E-state index in [9.17, 15) is 8.42 Å². The summed E-state index contributed by atoms with van der Waals surface area (Å²) in [5, 5.41) is 0.798. The van der Waals surface area contributed by atoms with Gasteiger partial charge in [-0.25, -0.2) is 8.42 Å². The summed E-state index contributed by atoms with van der Waals surface area (Å²) < 4.78 is 30.0. The standard InChI is InChI=1S/C12H16BrNO3S/c1-18(15,16)14-6-4-10-8-12(17-7-5-13)3-2-11(10)9-14/h2-3,8H,4-7,9H2,1H3. The Morgan fingerprint density at radius 1 is 1.39 bits per heavy atom. The van der Waals surface area contributed by atoms with Crippen LogP contribution in [-0.2, 0) is 23.0 Å². The molecule has 0 unspecified atom stereocenters. The van der Waals surface area contributed by atoms with Crippen molar-refractivity contribution in [3.8, 4) is 5.75 Å². The van der Waals surface area contributed by atoms with Crippen molar-refractivity contribution in [1.82, 2.24) is 4.31 Å². The molecule has 0 bridgehead atoms. The fourth-order valence-electron chi connectivity index (χ4n) is 2.03. The van der Waals surface area contributed by atoms with Gasteiger partial charge in [0, 0.05) is 18.4 Å². The molecule has 0 spiro atoms. The molecule has 100 valence electrons. The highest BCUT2D eigenvalue weighted by atomic mass is 79.9. The van der Waals surface area contributed by atoms with E-state index in [1.165, 1.54) is 16.1 Å². The van der Waals surface area contributed by atoms with E-state index in [1.54, 1.807) is 0 Å². The lowest BCUT2D eigenvalue weighted by Crippen LogP contribution is -2.35. The maximum absolute atomic E-state index is 11.5. The number of fused-ring (bicyclic) bond motifs is 1. The van der Waals surface area contributed by atoms with E-state index in [0.717, 1.165) is 23.1 Å². The molecule has 0 saturated heterocycles. The van der Waals surface area contributed by atoms with Gasteiger partial charge in [0.25, 0.3) is 0 Å². The molecule has 18 heavy (non-hydrogen) atoms. The number of sulfonamides is 1. The molecule has 0 aliphatic carbocycles. The summed E-state index contributed by atoms with van der Waals surface area (Å²) in [6.07, 6.45) is 2.00. The minimum Gasteiger partial charge on any atom is -0.493 e. The first-order valence-corrected chi connectivity index (χ1v) is 8.73. The first-order chi connectivity index (χ1) is 8.50. The second-order valence-corrected chi connectivity index (χ2v) is 7.09. The summed E-state index contributed by atoms with van der Waals surface area (Å²) >= 11 is 3.31. The zero-order valence-corrected chi connectivity index (χ0v) is 12.6. The Morgan fingerprint density at radius 2 is 2.17 bits per heavy atom. The lowest BCUT2D eigenvalue weighted by Gasteiger charge is -2.27. The van der Waals surface area contributed by atoms with Gasteiger partial charge in [0.05, 0.1) is 12.9 Å². The van der Waals surface area contributed by atoms with Gasteiger partial charge in [0.15, 0.2) is 0 Å². The van der Waals surface area contributed by atoms with Gasteiger partial charge in [-0.1, -0.05) is 22.0 Å². The number of alkyl halides is 1. The molecule has 0 atom stereocenters. The highest BCUT2D eigenvalue weighted by Crippen LogP contribution is 2.25. The Labute approximate surface area is 116 Å². The number of halogens is 1. The van der Waals surface area contributed by atoms with Gasteiger partial charge in [0.2, 0.25) is 10.0 Å². The van der Waals surface area contributed by atoms with Crippen molar-refractivity contribution < 1.29 is 13.2 Å². The van der Waals surface area contributed by atoms with E-state index >= 15 is 0 Å². The first kappa shape index (κ1) is 13.8. The summed E-state index contributed by atoms with van der Waals surface area (Å²) in [5.74, 6) is 0.848. The van der Waals surface area contributed by atoms with E-state index < -0.39 is 10.0 Å². The van der Waals surface area contributed by atoms with Crippen molar-refractivity contribution in [3.63, 3.8) is 0 Å². The van der Waals surface area contributed by atoms with Crippen LogP contribution in [0.5, 0.6) is 5.75 Å². The maximum atomic E-state index is 11.5. The van der Waals surface area contributed by atoms with Crippen LogP contribution in [0.15, 0.2) is 18.2 Å². The molecular weight excluding hydrogens is 318 g/mol. The third kappa shape index (κ3) is 3.24. The molecule has 1 aromatic rings. The van der Waals surface area contributed by atoms with Gasteiger partial charge in [-0.05, 0) is 29.7 Å². The summed E-state index contributed by atoms with van der Waals surface area (Å²) in [5.41, 5.74) is 2.25.